The average molecular weight is 283 g/mol. The van der Waals surface area contributed by atoms with E-state index in [2.05, 4.69) is 10.4 Å². The number of rotatable bonds is 5. The molecule has 0 aliphatic rings. The summed E-state index contributed by atoms with van der Waals surface area (Å²) in [4.78, 5) is 4.34. The first kappa shape index (κ1) is 14.0. The van der Waals surface area contributed by atoms with E-state index < -0.39 is 11.6 Å². The van der Waals surface area contributed by atoms with Gasteiger partial charge in [0.05, 0.1) is 5.01 Å². The molecule has 0 saturated carbocycles. The molecule has 0 amide bonds. The van der Waals surface area contributed by atoms with Gasteiger partial charge in [-0.05, 0) is 37.1 Å². The zero-order valence-corrected chi connectivity index (χ0v) is 11.3. The number of nitrogens with zero attached hydrogens (tertiary/aromatic N) is 1. The number of hydrogen-bond donors (Lipinski definition) is 2. The molecule has 1 unspecified atom stereocenters. The molecule has 0 radical (unpaired) electrons. The van der Waals surface area contributed by atoms with Crippen molar-refractivity contribution in [2.24, 2.45) is 5.84 Å². The van der Waals surface area contributed by atoms with Gasteiger partial charge in [0.1, 0.15) is 11.6 Å². The van der Waals surface area contributed by atoms with Crippen LogP contribution in [0.1, 0.15) is 16.3 Å². The number of nitrogens with one attached hydrogen (secondary N) is 1. The molecular weight excluding hydrogens is 268 g/mol. The Morgan fingerprint density at radius 2 is 2.16 bits per heavy atom. The van der Waals surface area contributed by atoms with Gasteiger partial charge in [0.15, 0.2) is 0 Å². The summed E-state index contributed by atoms with van der Waals surface area (Å²) < 4.78 is 26.7. The summed E-state index contributed by atoms with van der Waals surface area (Å²) in [6.45, 7) is 1.91. The average Bonchev–Trinajstić information content (AvgIpc) is 2.78. The molecule has 0 bridgehead atoms. The second-order valence-corrected chi connectivity index (χ2v) is 5.33. The Labute approximate surface area is 114 Å². The van der Waals surface area contributed by atoms with Crippen LogP contribution in [-0.4, -0.2) is 11.0 Å². The first-order valence-electron chi connectivity index (χ1n) is 5.89. The van der Waals surface area contributed by atoms with Gasteiger partial charge in [-0.3, -0.25) is 11.3 Å². The van der Waals surface area contributed by atoms with Gasteiger partial charge in [-0.25, -0.2) is 13.8 Å². The predicted octanol–water partition coefficient (Wildman–Crippen LogP) is 2.35. The minimum absolute atomic E-state index is 0.179. The SMILES string of the molecule is Cc1csc(CC(Cc2cc(F)ccc2F)NN)n1. The Morgan fingerprint density at radius 1 is 1.37 bits per heavy atom. The van der Waals surface area contributed by atoms with Crippen LogP contribution in [0.3, 0.4) is 0 Å². The van der Waals surface area contributed by atoms with E-state index in [1.165, 1.54) is 17.4 Å². The van der Waals surface area contributed by atoms with Crippen LogP contribution < -0.4 is 11.3 Å². The summed E-state index contributed by atoms with van der Waals surface area (Å²) in [7, 11) is 0. The van der Waals surface area contributed by atoms with E-state index in [0.717, 1.165) is 22.8 Å². The normalized spacial score (nSPS) is 12.6. The van der Waals surface area contributed by atoms with Crippen LogP contribution in [0.2, 0.25) is 0 Å². The van der Waals surface area contributed by atoms with E-state index in [-0.39, 0.29) is 6.04 Å². The number of thiazole rings is 1. The topological polar surface area (TPSA) is 50.9 Å². The van der Waals surface area contributed by atoms with Crippen molar-refractivity contribution in [3.05, 3.63) is 51.5 Å². The summed E-state index contributed by atoms with van der Waals surface area (Å²) in [6.07, 6.45) is 0.906. The lowest BCUT2D eigenvalue weighted by molar-refractivity contribution is 0.501. The van der Waals surface area contributed by atoms with Crippen LogP contribution in [0.5, 0.6) is 0 Å². The molecule has 1 aromatic heterocycles. The minimum atomic E-state index is -0.447. The van der Waals surface area contributed by atoms with Crippen molar-refractivity contribution in [1.29, 1.82) is 0 Å². The van der Waals surface area contributed by atoms with Crippen LogP contribution >= 0.6 is 11.3 Å². The number of hydrazine groups is 1. The van der Waals surface area contributed by atoms with Gasteiger partial charge in [-0.1, -0.05) is 0 Å². The third-order valence-corrected chi connectivity index (χ3v) is 3.79. The number of halogens is 2. The molecule has 1 heterocycles. The lowest BCUT2D eigenvalue weighted by Crippen LogP contribution is -2.38. The summed E-state index contributed by atoms with van der Waals surface area (Å²) in [6, 6.07) is 3.26. The van der Waals surface area contributed by atoms with Gasteiger partial charge in [0, 0.05) is 23.5 Å². The summed E-state index contributed by atoms with van der Waals surface area (Å²) >= 11 is 1.54. The van der Waals surface area contributed by atoms with Crippen molar-refractivity contribution < 1.29 is 8.78 Å². The summed E-state index contributed by atoms with van der Waals surface area (Å²) in [5.41, 5.74) is 3.90. The van der Waals surface area contributed by atoms with Crippen molar-refractivity contribution in [2.75, 3.05) is 0 Å². The molecule has 102 valence electrons. The molecule has 19 heavy (non-hydrogen) atoms. The van der Waals surface area contributed by atoms with E-state index in [1.54, 1.807) is 0 Å². The van der Waals surface area contributed by atoms with E-state index in [4.69, 9.17) is 5.84 Å². The van der Waals surface area contributed by atoms with Gasteiger partial charge >= 0.3 is 0 Å². The van der Waals surface area contributed by atoms with Gasteiger partial charge < -0.3 is 0 Å². The number of aromatic nitrogens is 1. The van der Waals surface area contributed by atoms with Gasteiger partial charge in [-0.15, -0.1) is 11.3 Å². The Balaban J connectivity index is 2.08. The molecule has 1 atom stereocenters. The second-order valence-electron chi connectivity index (χ2n) is 4.39. The highest BCUT2D eigenvalue weighted by Gasteiger charge is 2.14. The van der Waals surface area contributed by atoms with Gasteiger partial charge in [0.25, 0.3) is 0 Å². The molecule has 2 rings (SSSR count). The molecule has 0 aliphatic heterocycles. The molecule has 0 aliphatic carbocycles. The van der Waals surface area contributed by atoms with Crippen LogP contribution in [0.15, 0.2) is 23.6 Å². The third-order valence-electron chi connectivity index (χ3n) is 2.80. The van der Waals surface area contributed by atoms with Crippen molar-refractivity contribution >= 4 is 11.3 Å². The summed E-state index contributed by atoms with van der Waals surface area (Å²) in [5, 5.41) is 2.88. The van der Waals surface area contributed by atoms with Gasteiger partial charge in [0.2, 0.25) is 0 Å². The Kier molecular flexibility index (Phi) is 4.57. The molecule has 0 fully saturated rings. The highest BCUT2D eigenvalue weighted by molar-refractivity contribution is 7.09. The lowest BCUT2D eigenvalue weighted by atomic mass is 10.0. The van der Waals surface area contributed by atoms with E-state index >= 15 is 0 Å². The fourth-order valence-corrected chi connectivity index (χ4v) is 2.72. The monoisotopic (exact) mass is 283 g/mol. The highest BCUT2D eigenvalue weighted by atomic mass is 32.1. The predicted molar refractivity (Wildman–Crippen MR) is 71.7 cm³/mol. The van der Waals surface area contributed by atoms with Crippen molar-refractivity contribution in [3.63, 3.8) is 0 Å². The third kappa shape index (κ3) is 3.79. The molecule has 1 aromatic carbocycles. The zero-order chi connectivity index (χ0) is 13.8. The lowest BCUT2D eigenvalue weighted by Gasteiger charge is -2.15. The Morgan fingerprint density at radius 3 is 2.79 bits per heavy atom. The maximum atomic E-state index is 13.6. The van der Waals surface area contributed by atoms with Crippen LogP contribution in [-0.2, 0) is 12.8 Å². The zero-order valence-electron chi connectivity index (χ0n) is 10.5. The van der Waals surface area contributed by atoms with Crippen LogP contribution in [0.25, 0.3) is 0 Å². The van der Waals surface area contributed by atoms with E-state index in [1.807, 2.05) is 12.3 Å². The molecule has 0 spiro atoms. The summed E-state index contributed by atoms with van der Waals surface area (Å²) in [5.74, 6) is 4.61. The van der Waals surface area contributed by atoms with Gasteiger partial charge in [-0.2, -0.15) is 0 Å². The molecular formula is C13H15F2N3S. The first-order chi connectivity index (χ1) is 9.08. The number of nitrogens with two attached hydrogens (primary N) is 1. The molecule has 2 aromatic rings. The standard InChI is InChI=1S/C13H15F2N3S/c1-8-7-19-13(17-8)6-11(18-16)5-9-4-10(14)2-3-12(9)15/h2-4,7,11,18H,5-6,16H2,1H3. The maximum absolute atomic E-state index is 13.6. The maximum Gasteiger partial charge on any atom is 0.126 e. The quantitative estimate of drug-likeness (QED) is 0.654. The van der Waals surface area contributed by atoms with Crippen LogP contribution in [0, 0.1) is 18.6 Å². The van der Waals surface area contributed by atoms with Crippen molar-refractivity contribution in [3.8, 4) is 0 Å². The molecule has 0 saturated heterocycles. The highest BCUT2D eigenvalue weighted by Crippen LogP contribution is 2.16. The fourth-order valence-electron chi connectivity index (χ4n) is 1.86. The number of benzene rings is 1. The van der Waals surface area contributed by atoms with E-state index in [9.17, 15) is 8.78 Å². The second kappa shape index (κ2) is 6.18. The molecule has 3 N–H and O–H groups in total. The molecule has 6 heteroatoms. The Bertz CT molecular complexity index is 557. The fraction of sp³-hybridized carbons (Fsp3) is 0.308. The number of hydrogen-bond acceptors (Lipinski definition) is 4. The van der Waals surface area contributed by atoms with Crippen molar-refractivity contribution in [1.82, 2.24) is 10.4 Å². The molecule has 3 nitrogen and oxygen atoms in total. The Hall–Kier alpha value is -1.37. The smallest absolute Gasteiger partial charge is 0.126 e. The van der Waals surface area contributed by atoms with Crippen molar-refractivity contribution in [2.45, 2.75) is 25.8 Å². The minimum Gasteiger partial charge on any atom is -0.271 e. The van der Waals surface area contributed by atoms with E-state index in [0.29, 0.717) is 18.4 Å². The van der Waals surface area contributed by atoms with Crippen LogP contribution in [0.4, 0.5) is 8.78 Å². The largest absolute Gasteiger partial charge is 0.271 e. The number of aryl methyl sites for hydroxylation is 1. The first-order valence-corrected chi connectivity index (χ1v) is 6.77.